The number of hydrogen-bond acceptors (Lipinski definition) is 3. The third kappa shape index (κ3) is 3.74. The van der Waals surface area contributed by atoms with Gasteiger partial charge in [0.25, 0.3) is 5.91 Å². The molecule has 0 saturated carbocycles. The Balaban J connectivity index is 1.73. The molecule has 0 radical (unpaired) electrons. The SMILES string of the molecule is COc1ccc(C(=O)N2CCOC(c3cccc(Br)c3)C2)cc1. The van der Waals surface area contributed by atoms with E-state index in [2.05, 4.69) is 15.9 Å². The molecule has 1 amide bonds. The first-order valence-corrected chi connectivity index (χ1v) is 8.27. The Hall–Kier alpha value is -1.85. The Morgan fingerprint density at radius 1 is 1.26 bits per heavy atom. The molecule has 3 rings (SSSR count). The van der Waals surface area contributed by atoms with Crippen molar-refractivity contribution in [2.75, 3.05) is 26.8 Å². The zero-order valence-electron chi connectivity index (χ0n) is 12.9. The highest BCUT2D eigenvalue weighted by atomic mass is 79.9. The average Bonchev–Trinajstić information content (AvgIpc) is 2.61. The molecule has 0 aromatic heterocycles. The molecular weight excluding hydrogens is 358 g/mol. The Bertz CT molecular complexity index is 687. The number of nitrogens with zero attached hydrogens (tertiary/aromatic N) is 1. The van der Waals surface area contributed by atoms with Gasteiger partial charge in [0.05, 0.1) is 20.3 Å². The predicted molar refractivity (Wildman–Crippen MR) is 91.7 cm³/mol. The normalized spacial score (nSPS) is 17.8. The molecule has 0 bridgehead atoms. The molecule has 2 aromatic carbocycles. The fourth-order valence-corrected chi connectivity index (χ4v) is 3.08. The van der Waals surface area contributed by atoms with Gasteiger partial charge in [-0.2, -0.15) is 0 Å². The van der Waals surface area contributed by atoms with Crippen molar-refractivity contribution in [3.8, 4) is 5.75 Å². The molecule has 5 heteroatoms. The molecule has 1 fully saturated rings. The van der Waals surface area contributed by atoms with E-state index in [1.165, 1.54) is 0 Å². The second kappa shape index (κ2) is 7.15. The quantitative estimate of drug-likeness (QED) is 0.821. The number of morpholine rings is 1. The van der Waals surface area contributed by atoms with E-state index in [4.69, 9.17) is 9.47 Å². The van der Waals surface area contributed by atoms with E-state index in [1.54, 1.807) is 31.4 Å². The molecule has 1 heterocycles. The van der Waals surface area contributed by atoms with Gasteiger partial charge >= 0.3 is 0 Å². The molecule has 120 valence electrons. The van der Waals surface area contributed by atoms with Gasteiger partial charge in [-0.3, -0.25) is 4.79 Å². The summed E-state index contributed by atoms with van der Waals surface area (Å²) in [5, 5.41) is 0. The highest BCUT2D eigenvalue weighted by molar-refractivity contribution is 9.10. The van der Waals surface area contributed by atoms with Crippen molar-refractivity contribution < 1.29 is 14.3 Å². The van der Waals surface area contributed by atoms with Crippen molar-refractivity contribution >= 4 is 21.8 Å². The van der Waals surface area contributed by atoms with Gasteiger partial charge < -0.3 is 14.4 Å². The van der Waals surface area contributed by atoms with E-state index in [0.29, 0.717) is 25.3 Å². The summed E-state index contributed by atoms with van der Waals surface area (Å²) in [4.78, 5) is 14.5. The highest BCUT2D eigenvalue weighted by Crippen LogP contribution is 2.25. The maximum Gasteiger partial charge on any atom is 0.254 e. The van der Waals surface area contributed by atoms with Crippen molar-refractivity contribution in [2.45, 2.75) is 6.10 Å². The fourth-order valence-electron chi connectivity index (χ4n) is 2.66. The summed E-state index contributed by atoms with van der Waals surface area (Å²) in [6, 6.07) is 15.2. The third-order valence-corrected chi connectivity index (χ3v) is 4.40. The summed E-state index contributed by atoms with van der Waals surface area (Å²) < 4.78 is 12.0. The first-order chi connectivity index (χ1) is 11.2. The van der Waals surface area contributed by atoms with E-state index in [-0.39, 0.29) is 12.0 Å². The van der Waals surface area contributed by atoms with Crippen molar-refractivity contribution in [3.05, 3.63) is 64.1 Å². The molecule has 0 N–H and O–H groups in total. The maximum absolute atomic E-state index is 12.7. The molecule has 0 spiro atoms. The van der Waals surface area contributed by atoms with E-state index in [1.807, 2.05) is 29.2 Å². The molecule has 4 nitrogen and oxygen atoms in total. The minimum absolute atomic E-state index is 0.0240. The lowest BCUT2D eigenvalue weighted by Gasteiger charge is -2.33. The molecule has 1 aliphatic rings. The van der Waals surface area contributed by atoms with Crippen LogP contribution in [0, 0.1) is 0 Å². The summed E-state index contributed by atoms with van der Waals surface area (Å²) in [6.07, 6.45) is -0.0940. The number of hydrogen-bond donors (Lipinski definition) is 0. The van der Waals surface area contributed by atoms with Crippen molar-refractivity contribution in [1.29, 1.82) is 0 Å². The van der Waals surface area contributed by atoms with Crippen LogP contribution in [0.1, 0.15) is 22.0 Å². The Kier molecular flexibility index (Phi) is 4.98. The highest BCUT2D eigenvalue weighted by Gasteiger charge is 2.26. The second-order valence-corrected chi connectivity index (χ2v) is 6.31. The van der Waals surface area contributed by atoms with Crippen molar-refractivity contribution in [3.63, 3.8) is 0 Å². The van der Waals surface area contributed by atoms with Crippen LogP contribution in [0.4, 0.5) is 0 Å². The topological polar surface area (TPSA) is 38.8 Å². The van der Waals surface area contributed by atoms with Gasteiger partial charge in [-0.1, -0.05) is 28.1 Å². The lowest BCUT2D eigenvalue weighted by molar-refractivity contribution is -0.0228. The van der Waals surface area contributed by atoms with Gasteiger partial charge in [0.1, 0.15) is 11.9 Å². The Morgan fingerprint density at radius 2 is 2.04 bits per heavy atom. The predicted octanol–water partition coefficient (Wildman–Crippen LogP) is 3.67. The van der Waals surface area contributed by atoms with Crippen molar-refractivity contribution in [2.24, 2.45) is 0 Å². The summed E-state index contributed by atoms with van der Waals surface area (Å²) >= 11 is 3.48. The van der Waals surface area contributed by atoms with Gasteiger partial charge in [-0.25, -0.2) is 0 Å². The van der Waals surface area contributed by atoms with Gasteiger partial charge in [0.15, 0.2) is 0 Å². The molecular formula is C18H18BrNO3. The standard InChI is InChI=1S/C18H18BrNO3/c1-22-16-7-5-13(6-8-16)18(21)20-9-10-23-17(12-20)14-3-2-4-15(19)11-14/h2-8,11,17H,9-10,12H2,1H3. The summed E-state index contributed by atoms with van der Waals surface area (Å²) in [7, 11) is 1.61. The van der Waals surface area contributed by atoms with E-state index >= 15 is 0 Å². The molecule has 1 atom stereocenters. The zero-order valence-corrected chi connectivity index (χ0v) is 14.5. The number of rotatable bonds is 3. The van der Waals surface area contributed by atoms with Gasteiger partial charge in [0, 0.05) is 16.6 Å². The second-order valence-electron chi connectivity index (χ2n) is 5.39. The van der Waals surface area contributed by atoms with Crippen LogP contribution in [-0.4, -0.2) is 37.6 Å². The molecule has 2 aromatic rings. The van der Waals surface area contributed by atoms with Gasteiger partial charge in [-0.05, 0) is 42.0 Å². The van der Waals surface area contributed by atoms with Crippen molar-refractivity contribution in [1.82, 2.24) is 4.90 Å². The van der Waals surface area contributed by atoms with Crippen LogP contribution in [0.5, 0.6) is 5.75 Å². The number of carbonyl (C=O) groups excluding carboxylic acids is 1. The van der Waals surface area contributed by atoms with Gasteiger partial charge in [0.2, 0.25) is 0 Å². The van der Waals surface area contributed by atoms with Crippen LogP contribution in [0.3, 0.4) is 0 Å². The molecule has 23 heavy (non-hydrogen) atoms. The molecule has 1 unspecified atom stereocenters. The van der Waals surface area contributed by atoms with Crippen LogP contribution in [-0.2, 0) is 4.74 Å². The smallest absolute Gasteiger partial charge is 0.254 e. The Morgan fingerprint density at radius 3 is 2.74 bits per heavy atom. The number of halogens is 1. The summed E-state index contributed by atoms with van der Waals surface area (Å²) in [6.45, 7) is 1.70. The van der Waals surface area contributed by atoms with Crippen LogP contribution in [0.25, 0.3) is 0 Å². The van der Waals surface area contributed by atoms with E-state index in [9.17, 15) is 4.79 Å². The zero-order chi connectivity index (χ0) is 16.2. The lowest BCUT2D eigenvalue weighted by atomic mass is 10.1. The third-order valence-electron chi connectivity index (χ3n) is 3.91. The molecule has 1 aliphatic heterocycles. The maximum atomic E-state index is 12.7. The van der Waals surface area contributed by atoms with E-state index < -0.39 is 0 Å². The Labute approximate surface area is 144 Å². The number of ether oxygens (including phenoxy) is 2. The minimum Gasteiger partial charge on any atom is -0.497 e. The number of benzene rings is 2. The minimum atomic E-state index is -0.0940. The first-order valence-electron chi connectivity index (χ1n) is 7.48. The van der Waals surface area contributed by atoms with Crippen LogP contribution < -0.4 is 4.74 Å². The summed E-state index contributed by atoms with van der Waals surface area (Å²) in [5.74, 6) is 0.770. The van der Waals surface area contributed by atoms with Crippen LogP contribution in [0.2, 0.25) is 0 Å². The van der Waals surface area contributed by atoms with E-state index in [0.717, 1.165) is 15.8 Å². The van der Waals surface area contributed by atoms with Gasteiger partial charge in [-0.15, -0.1) is 0 Å². The monoisotopic (exact) mass is 375 g/mol. The number of methoxy groups -OCH3 is 1. The van der Waals surface area contributed by atoms with Crippen LogP contribution in [0.15, 0.2) is 53.0 Å². The summed E-state index contributed by atoms with van der Waals surface area (Å²) in [5.41, 5.74) is 1.74. The number of carbonyl (C=O) groups is 1. The fraction of sp³-hybridized carbons (Fsp3) is 0.278. The average molecular weight is 376 g/mol. The first kappa shape index (κ1) is 16.0. The molecule has 0 aliphatic carbocycles. The lowest BCUT2D eigenvalue weighted by Crippen LogP contribution is -2.42. The van der Waals surface area contributed by atoms with Crippen LogP contribution >= 0.6 is 15.9 Å². The largest absolute Gasteiger partial charge is 0.497 e. The number of amides is 1. The molecule has 1 saturated heterocycles.